The molecule has 0 spiro atoms. The predicted octanol–water partition coefficient (Wildman–Crippen LogP) is 1.96. The van der Waals surface area contributed by atoms with Crippen LogP contribution in [-0.4, -0.2) is 19.1 Å². The van der Waals surface area contributed by atoms with Crippen molar-refractivity contribution in [3.8, 4) is 0 Å². The van der Waals surface area contributed by atoms with Crippen LogP contribution in [0.5, 0.6) is 0 Å². The number of methoxy groups -OCH3 is 1. The summed E-state index contributed by atoms with van der Waals surface area (Å²) in [6.07, 6.45) is -0.187. The summed E-state index contributed by atoms with van der Waals surface area (Å²) < 4.78 is 43.1. The second-order valence-corrected chi connectivity index (χ2v) is 3.60. The van der Waals surface area contributed by atoms with E-state index in [0.717, 1.165) is 6.07 Å². The summed E-state index contributed by atoms with van der Waals surface area (Å²) in [6, 6.07) is 0.485. The highest BCUT2D eigenvalue weighted by molar-refractivity contribution is 5.85. The molecule has 0 aliphatic rings. The molecule has 102 valence electrons. The molecule has 0 saturated heterocycles. The van der Waals surface area contributed by atoms with Gasteiger partial charge in [-0.1, -0.05) is 0 Å². The number of esters is 1. The Labute approximate surface area is 109 Å². The molecule has 0 aliphatic heterocycles. The maximum atomic E-state index is 13.2. The zero-order valence-corrected chi connectivity index (χ0v) is 10.4. The van der Waals surface area contributed by atoms with Crippen molar-refractivity contribution in [2.24, 2.45) is 5.73 Å². The summed E-state index contributed by atoms with van der Waals surface area (Å²) in [5.41, 5.74) is 5.49. The first-order valence-electron chi connectivity index (χ1n) is 4.90. The molecular formula is C11H13ClF3NO2. The van der Waals surface area contributed by atoms with Crippen molar-refractivity contribution < 1.29 is 22.7 Å². The van der Waals surface area contributed by atoms with Crippen LogP contribution in [0.25, 0.3) is 0 Å². The molecule has 7 heteroatoms. The zero-order valence-electron chi connectivity index (χ0n) is 9.58. The summed E-state index contributed by atoms with van der Waals surface area (Å²) >= 11 is 0. The first kappa shape index (κ1) is 16.7. The summed E-state index contributed by atoms with van der Waals surface area (Å²) in [7, 11) is 1.20. The topological polar surface area (TPSA) is 52.3 Å². The second-order valence-electron chi connectivity index (χ2n) is 3.60. The number of carbonyl (C=O) groups excluding carboxylic acids is 1. The minimum Gasteiger partial charge on any atom is -0.469 e. The van der Waals surface area contributed by atoms with Crippen molar-refractivity contribution >= 4 is 18.4 Å². The molecule has 1 rings (SSSR count). The molecule has 1 aromatic rings. The Morgan fingerprint density at radius 3 is 2.39 bits per heavy atom. The maximum absolute atomic E-state index is 13.2. The highest BCUT2D eigenvalue weighted by Crippen LogP contribution is 2.15. The van der Waals surface area contributed by atoms with Crippen molar-refractivity contribution in [1.82, 2.24) is 0 Å². The van der Waals surface area contributed by atoms with Crippen LogP contribution in [0.3, 0.4) is 0 Å². The van der Waals surface area contributed by atoms with Gasteiger partial charge in [-0.2, -0.15) is 0 Å². The Morgan fingerprint density at radius 2 is 1.83 bits per heavy atom. The first-order valence-corrected chi connectivity index (χ1v) is 4.90. The van der Waals surface area contributed by atoms with Crippen LogP contribution < -0.4 is 5.73 Å². The molecule has 18 heavy (non-hydrogen) atoms. The van der Waals surface area contributed by atoms with Crippen LogP contribution in [0.2, 0.25) is 0 Å². The standard InChI is InChI=1S/C11H12F3NO2.ClH/c1-17-11(16)4-7(15)2-6-3-9(13)10(14)5-8(6)12;/h3,5,7H,2,4,15H2,1H3;1H/t7-;/m0./s1. The number of benzene rings is 1. The summed E-state index contributed by atoms with van der Waals surface area (Å²) in [5, 5.41) is 0. The lowest BCUT2D eigenvalue weighted by molar-refractivity contribution is -0.140. The molecule has 0 bridgehead atoms. The van der Waals surface area contributed by atoms with E-state index < -0.39 is 29.5 Å². The molecule has 0 heterocycles. The van der Waals surface area contributed by atoms with Crippen molar-refractivity contribution in [2.75, 3.05) is 7.11 Å². The van der Waals surface area contributed by atoms with E-state index in [-0.39, 0.29) is 30.8 Å². The van der Waals surface area contributed by atoms with E-state index in [2.05, 4.69) is 4.74 Å². The minimum atomic E-state index is -1.26. The highest BCUT2D eigenvalue weighted by Gasteiger charge is 2.15. The molecule has 0 saturated carbocycles. The van der Waals surface area contributed by atoms with Gasteiger partial charge in [-0.15, -0.1) is 12.4 Å². The van der Waals surface area contributed by atoms with Crippen LogP contribution in [0.1, 0.15) is 12.0 Å². The Bertz CT molecular complexity index is 429. The second kappa shape index (κ2) is 7.23. The number of carbonyl (C=O) groups is 1. The first-order chi connectivity index (χ1) is 7.93. The van der Waals surface area contributed by atoms with Gasteiger partial charge < -0.3 is 10.5 Å². The van der Waals surface area contributed by atoms with Crippen LogP contribution in [0, 0.1) is 17.5 Å². The summed E-state index contributed by atoms with van der Waals surface area (Å²) in [4.78, 5) is 10.9. The Hall–Kier alpha value is -1.27. The van der Waals surface area contributed by atoms with Gasteiger partial charge in [-0.05, 0) is 18.1 Å². The number of nitrogens with two attached hydrogens (primary N) is 1. The molecule has 3 nitrogen and oxygen atoms in total. The molecule has 0 fully saturated rings. The van der Waals surface area contributed by atoms with E-state index in [1.807, 2.05) is 0 Å². The van der Waals surface area contributed by atoms with Gasteiger partial charge in [-0.3, -0.25) is 4.79 Å². The summed E-state index contributed by atoms with van der Waals surface area (Å²) in [6.45, 7) is 0. The van der Waals surface area contributed by atoms with Gasteiger partial charge in [0.1, 0.15) is 5.82 Å². The van der Waals surface area contributed by atoms with Gasteiger partial charge in [0.15, 0.2) is 11.6 Å². The van der Waals surface area contributed by atoms with E-state index in [1.54, 1.807) is 0 Å². The van der Waals surface area contributed by atoms with Gasteiger partial charge >= 0.3 is 5.97 Å². The molecule has 0 amide bonds. The fourth-order valence-corrected chi connectivity index (χ4v) is 1.37. The Balaban J connectivity index is 0.00000289. The molecule has 2 N–H and O–H groups in total. The third-order valence-corrected chi connectivity index (χ3v) is 2.23. The van der Waals surface area contributed by atoms with E-state index in [1.165, 1.54) is 7.11 Å². The highest BCUT2D eigenvalue weighted by atomic mass is 35.5. The monoisotopic (exact) mass is 283 g/mol. The fraction of sp³-hybridized carbons (Fsp3) is 0.364. The molecule has 1 aromatic carbocycles. The Morgan fingerprint density at radius 1 is 1.28 bits per heavy atom. The van der Waals surface area contributed by atoms with E-state index in [9.17, 15) is 18.0 Å². The number of ether oxygens (including phenoxy) is 1. The number of rotatable bonds is 4. The molecule has 0 aliphatic carbocycles. The number of hydrogen-bond donors (Lipinski definition) is 1. The van der Waals surface area contributed by atoms with E-state index in [0.29, 0.717) is 6.07 Å². The lowest BCUT2D eigenvalue weighted by Gasteiger charge is -2.11. The van der Waals surface area contributed by atoms with Gasteiger partial charge in [-0.25, -0.2) is 13.2 Å². The van der Waals surface area contributed by atoms with Crippen molar-refractivity contribution in [3.63, 3.8) is 0 Å². The number of halogens is 4. The summed E-state index contributed by atoms with van der Waals surface area (Å²) in [5.74, 6) is -3.83. The van der Waals surface area contributed by atoms with Crippen LogP contribution in [0.15, 0.2) is 12.1 Å². The molecule has 0 unspecified atom stereocenters. The normalized spacial score (nSPS) is 11.6. The zero-order chi connectivity index (χ0) is 13.0. The third-order valence-electron chi connectivity index (χ3n) is 2.23. The number of hydrogen-bond acceptors (Lipinski definition) is 3. The van der Waals surface area contributed by atoms with Crippen LogP contribution in [-0.2, 0) is 16.0 Å². The average molecular weight is 284 g/mol. The molecule has 0 aromatic heterocycles. The largest absolute Gasteiger partial charge is 0.469 e. The third kappa shape index (κ3) is 4.54. The van der Waals surface area contributed by atoms with Crippen LogP contribution >= 0.6 is 12.4 Å². The SMILES string of the molecule is COC(=O)C[C@@H](N)Cc1cc(F)c(F)cc1F.Cl. The van der Waals surface area contributed by atoms with Crippen molar-refractivity contribution in [2.45, 2.75) is 18.9 Å². The lowest BCUT2D eigenvalue weighted by atomic mass is 10.0. The Kier molecular flexibility index (Phi) is 6.72. The maximum Gasteiger partial charge on any atom is 0.307 e. The lowest BCUT2D eigenvalue weighted by Crippen LogP contribution is -2.27. The van der Waals surface area contributed by atoms with Crippen molar-refractivity contribution in [1.29, 1.82) is 0 Å². The predicted molar refractivity (Wildman–Crippen MR) is 61.9 cm³/mol. The quantitative estimate of drug-likeness (QED) is 0.679. The smallest absolute Gasteiger partial charge is 0.307 e. The van der Waals surface area contributed by atoms with Gasteiger partial charge in [0.25, 0.3) is 0 Å². The van der Waals surface area contributed by atoms with E-state index >= 15 is 0 Å². The van der Waals surface area contributed by atoms with Crippen LogP contribution in [0.4, 0.5) is 13.2 Å². The molecule has 1 atom stereocenters. The minimum absolute atomic E-state index is 0. The molecular weight excluding hydrogens is 271 g/mol. The van der Waals surface area contributed by atoms with Crippen molar-refractivity contribution in [3.05, 3.63) is 35.1 Å². The molecule has 0 radical (unpaired) electrons. The fourth-order valence-electron chi connectivity index (χ4n) is 1.37. The van der Waals surface area contributed by atoms with Gasteiger partial charge in [0, 0.05) is 12.1 Å². The van der Waals surface area contributed by atoms with Gasteiger partial charge in [0.2, 0.25) is 0 Å². The van der Waals surface area contributed by atoms with E-state index in [4.69, 9.17) is 5.73 Å². The average Bonchev–Trinajstić information content (AvgIpc) is 2.25. The van der Waals surface area contributed by atoms with Gasteiger partial charge in [0.05, 0.1) is 13.5 Å².